The molecule has 139 heavy (non-hydrogen) atoms. The third-order valence-electron chi connectivity index (χ3n) is 22.9. The number of hydrogen-bond acceptors (Lipinski definition) is 31. The average molecular weight is 1980 g/mol. The summed E-state index contributed by atoms with van der Waals surface area (Å²) in [7, 11) is 0. The average Bonchev–Trinajstić information content (AvgIpc) is 1.71. The Morgan fingerprint density at radius 2 is 0.835 bits per heavy atom. The minimum absolute atomic E-state index is 0.00540. The number of nitrogens with zero attached hydrogens (tertiary/aromatic N) is 14. The van der Waals surface area contributed by atoms with Crippen molar-refractivity contribution in [2.75, 3.05) is 39.3 Å². The van der Waals surface area contributed by atoms with Gasteiger partial charge in [-0.15, -0.1) is 45.3 Å². The van der Waals surface area contributed by atoms with E-state index in [1.165, 1.54) is 83.1 Å². The fourth-order valence-corrected chi connectivity index (χ4v) is 19.9. The first-order valence-corrected chi connectivity index (χ1v) is 47.1. The second-order valence-electron chi connectivity index (χ2n) is 33.3. The molecule has 12 N–H and O–H groups in total. The third kappa shape index (κ3) is 24.3. The number of pyridine rings is 7. The zero-order chi connectivity index (χ0) is 99.0. The van der Waals surface area contributed by atoms with E-state index in [0.29, 0.717) is 149 Å². The summed E-state index contributed by atoms with van der Waals surface area (Å²) in [6.07, 6.45) is 10.7. The van der Waals surface area contributed by atoms with E-state index in [2.05, 4.69) is 39.9 Å². The molecule has 44 heteroatoms. The summed E-state index contributed by atoms with van der Waals surface area (Å²) >= 11 is 12.2. The maximum Gasteiger partial charge on any atom is 0.410 e. The van der Waals surface area contributed by atoms with Crippen molar-refractivity contribution < 1.29 is 93.5 Å². The van der Waals surface area contributed by atoms with Gasteiger partial charge in [-0.2, -0.15) is 0 Å². The van der Waals surface area contributed by atoms with Gasteiger partial charge in [0.2, 0.25) is 5.91 Å². The van der Waals surface area contributed by atoms with Crippen molar-refractivity contribution in [1.82, 2.24) is 102 Å². The maximum absolute atomic E-state index is 13.1. The monoisotopic (exact) mass is 1980 g/mol. The van der Waals surface area contributed by atoms with Crippen LogP contribution in [0.2, 0.25) is 5.02 Å². The van der Waals surface area contributed by atoms with Gasteiger partial charge in [-0.1, -0.05) is 66.2 Å². The second-order valence-corrected chi connectivity index (χ2v) is 37.9. The van der Waals surface area contributed by atoms with E-state index in [4.69, 9.17) is 47.6 Å². The Bertz CT molecular complexity index is 6880. The number of carbonyl (C=O) groups excluding carboxylic acids is 12. The molecular formula is C95H93ClN20O19S4. The molecule has 0 fully saturated rings. The number of hydroxylamine groups is 6. The first-order valence-electron chi connectivity index (χ1n) is 43.4. The molecule has 13 aromatic rings. The van der Waals surface area contributed by atoms with Gasteiger partial charge in [-0.05, 0) is 165 Å². The smallest absolute Gasteiger partial charge is 0.410 e. The lowest BCUT2D eigenvalue weighted by atomic mass is 10.0. The molecule has 0 bridgehead atoms. The van der Waals surface area contributed by atoms with Crippen LogP contribution in [0.1, 0.15) is 208 Å². The van der Waals surface area contributed by atoms with Gasteiger partial charge in [0.15, 0.2) is 0 Å². The molecule has 0 spiro atoms. The van der Waals surface area contributed by atoms with E-state index in [0.717, 1.165) is 114 Å². The number of halogens is 1. The largest absolute Gasteiger partial charge is 0.444 e. The highest BCUT2D eigenvalue weighted by molar-refractivity contribution is 7.21. The number of benzene rings is 2. The molecule has 17 heterocycles. The van der Waals surface area contributed by atoms with Gasteiger partial charge in [-0.25, -0.2) is 52.6 Å². The van der Waals surface area contributed by atoms with Crippen molar-refractivity contribution in [3.63, 3.8) is 0 Å². The molecule has 0 unspecified atom stereocenters. The first kappa shape index (κ1) is 100. The number of amides is 12. The predicted molar refractivity (Wildman–Crippen MR) is 508 cm³/mol. The molecule has 19 rings (SSSR count). The van der Waals surface area contributed by atoms with Gasteiger partial charge in [0.25, 0.3) is 59.1 Å². The minimum Gasteiger partial charge on any atom is -0.444 e. The van der Waals surface area contributed by atoms with Crippen molar-refractivity contribution in [3.8, 4) is 10.6 Å². The normalized spacial score (nSPS) is 13.7. The standard InChI is InChI=1S/C20H18N4O3S.C18H14ClN3O3S.C18H15N3O3S.C14H14N4O3S.C14H19N3O4.C11H13N3O3/c1-12-10-17(15-4-2-3-8-21-15)28-18(12)20(26)24-9-7-14-13(11-24)5-6-16(22-14)19(25)23-27;19-15-12-3-1-2-4-14(12)26-16(15)18(24)22-6-5-13-11(9-22)7-10(8-20-13)17(23)21-25;22-17(20-24)13-7-11-5-6-21(10-14(11)19-9-13)18(23)16-8-12-3-1-2-4-15(12)25-16;1-8-16-12(7-22-8)14(20)18-3-2-11-10(6-18)4-9(5-15-11)13(19)17-21;1-14(2,3)21-13(19)17-5-4-9-6-10(12(18)16-20)7-15-11(9)8-17;1-7(15)14-5-4-9-8(6-14)2-3-10(12-9)11(16)13-17/h2-6,8,10,27H,7,9,11H2,1H3,(H,23,25);1-4,7-8,25H,5-6,9H2,(H,21,23);1-4,7-9,24H,5-6,10H2,(H,20,22);4-5,7,21H,2-3,6H2,1H3,(H,17,19);6-7,20H,4-5,8H2,1-3H3,(H,16,18);2-3,17H,4-6H2,1H3,(H,13,16). The number of carbonyl (C=O) groups is 12. The quantitative estimate of drug-likeness (QED) is 0.0423. The highest BCUT2D eigenvalue weighted by Gasteiger charge is 2.34. The van der Waals surface area contributed by atoms with Crippen LogP contribution in [-0.4, -0.2) is 216 Å². The Hall–Kier alpha value is -14.8. The summed E-state index contributed by atoms with van der Waals surface area (Å²) in [6, 6.07) is 38.6. The van der Waals surface area contributed by atoms with Crippen LogP contribution in [0, 0.1) is 13.8 Å². The molecule has 0 radical (unpaired) electrons. The van der Waals surface area contributed by atoms with Crippen LogP contribution >= 0.6 is 56.9 Å². The number of rotatable bonds is 11. The number of aromatic nitrogens is 8. The Morgan fingerprint density at radius 1 is 0.396 bits per heavy atom. The lowest BCUT2D eigenvalue weighted by Crippen LogP contribution is -2.40. The molecular weight excluding hydrogens is 1890 g/mol. The highest BCUT2D eigenvalue weighted by atomic mass is 35.5. The van der Waals surface area contributed by atoms with Gasteiger partial charge < -0.3 is 34.1 Å². The molecule has 0 atom stereocenters. The number of aryl methyl sites for hydroxylation is 2. The van der Waals surface area contributed by atoms with Crippen LogP contribution in [0.3, 0.4) is 0 Å². The van der Waals surface area contributed by atoms with Crippen molar-refractivity contribution in [2.24, 2.45) is 0 Å². The first-order chi connectivity index (χ1) is 66.8. The van der Waals surface area contributed by atoms with E-state index in [1.54, 1.807) is 116 Å². The summed E-state index contributed by atoms with van der Waals surface area (Å²) in [6.45, 7) is 16.6. The topological polar surface area (TPSA) is 530 Å². The highest BCUT2D eigenvalue weighted by Crippen LogP contribution is 2.38. The molecule has 12 amide bonds. The van der Waals surface area contributed by atoms with Crippen LogP contribution in [0.4, 0.5) is 4.79 Å². The third-order valence-corrected chi connectivity index (χ3v) is 27.7. The van der Waals surface area contributed by atoms with Crippen LogP contribution < -0.4 is 32.9 Å². The zero-order valence-electron chi connectivity index (χ0n) is 75.6. The molecule has 0 saturated carbocycles. The molecule has 2 aromatic carbocycles. The maximum atomic E-state index is 13.1. The molecule has 0 saturated heterocycles. The molecule has 39 nitrogen and oxygen atoms in total. The Kier molecular flexibility index (Phi) is 32.4. The van der Waals surface area contributed by atoms with Crippen molar-refractivity contribution in [2.45, 2.75) is 125 Å². The molecule has 718 valence electrons. The number of nitrogens with one attached hydrogen (secondary N) is 6. The van der Waals surface area contributed by atoms with Crippen LogP contribution in [0.25, 0.3) is 30.7 Å². The van der Waals surface area contributed by atoms with Crippen LogP contribution in [-0.2, 0) is 87.3 Å². The van der Waals surface area contributed by atoms with E-state index in [1.807, 2.05) is 113 Å². The van der Waals surface area contributed by atoms with Crippen molar-refractivity contribution in [3.05, 3.63) is 301 Å². The number of thiophene rings is 3. The summed E-state index contributed by atoms with van der Waals surface area (Å²) < 4.78 is 7.41. The van der Waals surface area contributed by atoms with Gasteiger partial charge in [-0.3, -0.25) is 109 Å². The fraction of sp³-hybridized carbons (Fsp3) is 0.263. The van der Waals surface area contributed by atoms with E-state index in [-0.39, 0.29) is 58.1 Å². The second kappa shape index (κ2) is 45.0. The van der Waals surface area contributed by atoms with Crippen LogP contribution in [0.15, 0.2) is 164 Å². The van der Waals surface area contributed by atoms with E-state index < -0.39 is 41.0 Å². The van der Waals surface area contributed by atoms with Gasteiger partial charge in [0.1, 0.15) is 27.6 Å². The number of hydrogen-bond donors (Lipinski definition) is 12. The lowest BCUT2D eigenvalue weighted by Gasteiger charge is -2.30. The summed E-state index contributed by atoms with van der Waals surface area (Å²) in [4.78, 5) is 190. The van der Waals surface area contributed by atoms with Crippen molar-refractivity contribution in [1.29, 1.82) is 0 Å². The molecule has 6 aliphatic rings. The van der Waals surface area contributed by atoms with Crippen LogP contribution in [0.5, 0.6) is 0 Å². The molecule has 6 aliphatic heterocycles. The Balaban J connectivity index is 0.000000134. The summed E-state index contributed by atoms with van der Waals surface area (Å²) in [5.74, 6) is -3.90. The fourth-order valence-electron chi connectivity index (χ4n) is 15.7. The number of thiazole rings is 1. The van der Waals surface area contributed by atoms with E-state index >= 15 is 0 Å². The van der Waals surface area contributed by atoms with E-state index in [9.17, 15) is 57.5 Å². The summed E-state index contributed by atoms with van der Waals surface area (Å²) in [5, 5.41) is 57.1. The number of fused-ring (bicyclic) bond motifs is 8. The van der Waals surface area contributed by atoms with Crippen molar-refractivity contribution >= 4 is 148 Å². The molecule has 0 aliphatic carbocycles. The summed E-state index contributed by atoms with van der Waals surface area (Å²) in [5.41, 5.74) is 22.8. The Labute approximate surface area is 814 Å². The van der Waals surface area contributed by atoms with Gasteiger partial charge in [0.05, 0.1) is 77.1 Å². The SMILES string of the molecule is CC(=O)N1CCc2nc(C(=O)NO)ccc2C1.CC(C)(C)OC(=O)N1CCc2cc(C(=O)NO)cnc2C1.Cc1cc(-c2ccccn2)sc1C(=O)N1CCc2nc(C(=O)NO)ccc2C1.Cc1nc(C(=O)N2CCc3ncc(C(=O)NO)cc3C2)cs1.O=C(NO)c1cnc2c(c1)CCN(C(=O)c1cc3ccccc3s1)C2.O=C(NO)c1cnc2c(c1)CN(C(=O)c1sc3ccccc3c1Cl)CC2. The zero-order valence-corrected chi connectivity index (χ0v) is 79.6. The lowest BCUT2D eigenvalue weighted by molar-refractivity contribution is -0.129. The minimum atomic E-state index is -0.641. The molecule has 11 aromatic heterocycles. The predicted octanol–water partition coefficient (Wildman–Crippen LogP) is 11.5. The van der Waals surface area contributed by atoms with Gasteiger partial charge >= 0.3 is 6.09 Å². The number of ether oxygens (including phenoxy) is 1. The Morgan fingerprint density at radius 3 is 1.32 bits per heavy atom. The van der Waals surface area contributed by atoms with Gasteiger partial charge in [0, 0.05) is 172 Å².